The Bertz CT molecular complexity index is 1360. The van der Waals surface area contributed by atoms with Crippen molar-refractivity contribution >= 4 is 34.5 Å². The molecule has 4 rings (SSSR count). The average molecular weight is 435 g/mol. The summed E-state index contributed by atoms with van der Waals surface area (Å²) in [6.07, 6.45) is 1.44. The topological polar surface area (TPSA) is 94.2 Å². The van der Waals surface area contributed by atoms with Crippen molar-refractivity contribution in [2.45, 2.75) is 20.4 Å². The minimum Gasteiger partial charge on any atom is -0.267 e. The molecule has 2 heterocycles. The lowest BCUT2D eigenvalue weighted by Crippen LogP contribution is -2.28. The lowest BCUT2D eigenvalue weighted by Gasteiger charge is -2.08. The highest BCUT2D eigenvalue weighted by atomic mass is 35.5. The minimum absolute atomic E-state index is 0.122. The zero-order valence-electron chi connectivity index (χ0n) is 16.9. The molecule has 0 atom stereocenters. The molecule has 2 aromatic carbocycles. The number of hydrogen-bond donors (Lipinski definition) is 1. The van der Waals surface area contributed by atoms with Crippen LogP contribution in [0.2, 0.25) is 5.15 Å². The first kappa shape index (κ1) is 20.5. The van der Waals surface area contributed by atoms with Gasteiger partial charge in [-0.2, -0.15) is 15.3 Å². The summed E-state index contributed by atoms with van der Waals surface area (Å²) in [5, 5.41) is 14.0. The fraction of sp³-hybridized carbons (Fsp3) is 0.136. The van der Waals surface area contributed by atoms with Gasteiger partial charge >= 0.3 is 0 Å². The van der Waals surface area contributed by atoms with E-state index in [-0.39, 0.29) is 11.3 Å². The van der Waals surface area contributed by atoms with Gasteiger partial charge in [0.05, 0.1) is 28.5 Å². The molecule has 31 heavy (non-hydrogen) atoms. The lowest BCUT2D eigenvalue weighted by atomic mass is 10.1. The molecule has 2 aromatic heterocycles. The number of amides is 1. The van der Waals surface area contributed by atoms with E-state index < -0.39 is 5.91 Å². The number of aromatic nitrogens is 4. The van der Waals surface area contributed by atoms with Crippen LogP contribution in [0, 0.1) is 6.92 Å². The second kappa shape index (κ2) is 8.53. The SMILES string of the molecule is CCn1nc(C(=O)N/N=C/c2c(C)nn(-c3ccccc3)c2Cl)c2ccccc2c1=O. The van der Waals surface area contributed by atoms with Crippen molar-refractivity contribution in [3.05, 3.63) is 87.1 Å². The van der Waals surface area contributed by atoms with Crippen LogP contribution in [0.25, 0.3) is 16.5 Å². The molecular weight excluding hydrogens is 416 g/mol. The van der Waals surface area contributed by atoms with Gasteiger partial charge in [0.2, 0.25) is 0 Å². The van der Waals surface area contributed by atoms with Gasteiger partial charge in [0.1, 0.15) is 5.15 Å². The first-order chi connectivity index (χ1) is 15.0. The Morgan fingerprint density at radius 2 is 1.77 bits per heavy atom. The Kier molecular flexibility index (Phi) is 5.64. The van der Waals surface area contributed by atoms with E-state index in [1.165, 1.54) is 10.9 Å². The van der Waals surface area contributed by atoms with Crippen LogP contribution >= 0.6 is 11.6 Å². The van der Waals surface area contributed by atoms with Gasteiger partial charge in [-0.15, -0.1) is 0 Å². The number of nitrogens with one attached hydrogen (secondary N) is 1. The summed E-state index contributed by atoms with van der Waals surface area (Å²) in [6.45, 7) is 3.94. The predicted molar refractivity (Wildman–Crippen MR) is 120 cm³/mol. The molecule has 156 valence electrons. The van der Waals surface area contributed by atoms with Crippen LogP contribution in [0.3, 0.4) is 0 Å². The molecule has 0 aliphatic heterocycles. The van der Waals surface area contributed by atoms with E-state index in [1.807, 2.05) is 30.3 Å². The van der Waals surface area contributed by atoms with E-state index in [9.17, 15) is 9.59 Å². The summed E-state index contributed by atoms with van der Waals surface area (Å²) in [7, 11) is 0. The van der Waals surface area contributed by atoms with E-state index in [0.717, 1.165) is 5.69 Å². The Labute approximate surface area is 182 Å². The molecule has 1 N–H and O–H groups in total. The molecule has 1 amide bonds. The zero-order valence-corrected chi connectivity index (χ0v) is 17.7. The van der Waals surface area contributed by atoms with Crippen molar-refractivity contribution in [1.82, 2.24) is 25.0 Å². The molecule has 0 fully saturated rings. The van der Waals surface area contributed by atoms with Gasteiger partial charge in [-0.1, -0.05) is 48.0 Å². The van der Waals surface area contributed by atoms with Crippen LogP contribution in [0.15, 0.2) is 64.5 Å². The molecule has 0 radical (unpaired) electrons. The second-order valence-corrected chi connectivity index (χ2v) is 7.11. The van der Waals surface area contributed by atoms with Crippen LogP contribution in [0.5, 0.6) is 0 Å². The Morgan fingerprint density at radius 3 is 2.48 bits per heavy atom. The Morgan fingerprint density at radius 1 is 1.10 bits per heavy atom. The number of carbonyl (C=O) groups excluding carboxylic acids is 1. The van der Waals surface area contributed by atoms with Crippen molar-refractivity contribution in [3.8, 4) is 5.69 Å². The number of rotatable bonds is 5. The summed E-state index contributed by atoms with van der Waals surface area (Å²) < 4.78 is 2.86. The molecule has 0 spiro atoms. The third-order valence-corrected chi connectivity index (χ3v) is 5.15. The number of fused-ring (bicyclic) bond motifs is 1. The summed E-state index contributed by atoms with van der Waals surface area (Å²) in [5.74, 6) is -0.529. The maximum Gasteiger partial charge on any atom is 0.292 e. The van der Waals surface area contributed by atoms with Gasteiger partial charge in [0.15, 0.2) is 5.69 Å². The highest BCUT2D eigenvalue weighted by Gasteiger charge is 2.16. The van der Waals surface area contributed by atoms with E-state index in [1.54, 1.807) is 42.8 Å². The van der Waals surface area contributed by atoms with Crippen LogP contribution in [-0.2, 0) is 6.54 Å². The van der Waals surface area contributed by atoms with Gasteiger partial charge in [-0.3, -0.25) is 9.59 Å². The average Bonchev–Trinajstić information content (AvgIpc) is 3.08. The molecule has 4 aromatic rings. The van der Waals surface area contributed by atoms with Crippen molar-refractivity contribution in [2.75, 3.05) is 0 Å². The monoisotopic (exact) mass is 434 g/mol. The smallest absolute Gasteiger partial charge is 0.267 e. The summed E-state index contributed by atoms with van der Waals surface area (Å²) in [5.41, 5.74) is 4.42. The normalized spacial score (nSPS) is 11.3. The number of benzene rings is 2. The molecule has 0 bridgehead atoms. The Balaban J connectivity index is 1.63. The molecule has 0 aliphatic carbocycles. The number of carbonyl (C=O) groups is 1. The van der Waals surface area contributed by atoms with Crippen LogP contribution < -0.4 is 11.0 Å². The molecular formula is C22H19ClN6O2. The first-order valence-electron chi connectivity index (χ1n) is 9.65. The molecule has 8 nitrogen and oxygen atoms in total. The Hall–Kier alpha value is -3.78. The number of hydrogen-bond acceptors (Lipinski definition) is 5. The molecule has 0 saturated carbocycles. The maximum absolute atomic E-state index is 12.8. The number of nitrogens with zero attached hydrogens (tertiary/aromatic N) is 5. The van der Waals surface area contributed by atoms with E-state index in [0.29, 0.717) is 33.7 Å². The number of hydrazone groups is 1. The zero-order chi connectivity index (χ0) is 22.0. The van der Waals surface area contributed by atoms with Crippen LogP contribution in [-0.4, -0.2) is 31.7 Å². The van der Waals surface area contributed by atoms with Gasteiger partial charge < -0.3 is 0 Å². The molecule has 9 heteroatoms. The molecule has 0 saturated heterocycles. The standard InChI is InChI=1S/C22H19ClN6O2/c1-3-28-22(31)17-12-8-7-11-16(17)19(27-28)21(30)25-24-13-18-14(2)26-29(20(18)23)15-9-5-4-6-10-15/h4-13H,3H2,1-2H3,(H,25,30)/b24-13+. The fourth-order valence-corrected chi connectivity index (χ4v) is 3.54. The predicted octanol–water partition coefficient (Wildman–Crippen LogP) is 3.33. The summed E-state index contributed by atoms with van der Waals surface area (Å²) in [6, 6.07) is 16.3. The third kappa shape index (κ3) is 3.85. The third-order valence-electron chi connectivity index (χ3n) is 4.79. The van der Waals surface area contributed by atoms with Crippen LogP contribution in [0.4, 0.5) is 0 Å². The van der Waals surface area contributed by atoms with E-state index >= 15 is 0 Å². The van der Waals surface area contributed by atoms with Gasteiger partial charge in [0, 0.05) is 11.9 Å². The van der Waals surface area contributed by atoms with Crippen molar-refractivity contribution in [1.29, 1.82) is 0 Å². The largest absolute Gasteiger partial charge is 0.292 e. The quantitative estimate of drug-likeness (QED) is 0.385. The van der Waals surface area contributed by atoms with Crippen LogP contribution in [0.1, 0.15) is 28.7 Å². The van der Waals surface area contributed by atoms with Gasteiger partial charge in [0.25, 0.3) is 11.5 Å². The van der Waals surface area contributed by atoms with Crippen molar-refractivity contribution in [3.63, 3.8) is 0 Å². The summed E-state index contributed by atoms with van der Waals surface area (Å²) >= 11 is 6.48. The highest BCUT2D eigenvalue weighted by molar-refractivity contribution is 6.32. The number of para-hydroxylation sites is 1. The first-order valence-corrected chi connectivity index (χ1v) is 10.0. The van der Waals surface area contributed by atoms with Crippen molar-refractivity contribution < 1.29 is 4.79 Å². The molecule has 0 unspecified atom stereocenters. The number of halogens is 1. The second-order valence-electron chi connectivity index (χ2n) is 6.75. The lowest BCUT2D eigenvalue weighted by molar-refractivity contribution is 0.0949. The fourth-order valence-electron chi connectivity index (χ4n) is 3.22. The van der Waals surface area contributed by atoms with E-state index in [4.69, 9.17) is 11.6 Å². The van der Waals surface area contributed by atoms with Gasteiger partial charge in [-0.25, -0.2) is 14.8 Å². The summed E-state index contributed by atoms with van der Waals surface area (Å²) in [4.78, 5) is 25.2. The van der Waals surface area contributed by atoms with E-state index in [2.05, 4.69) is 20.7 Å². The van der Waals surface area contributed by atoms with Gasteiger partial charge in [-0.05, 0) is 32.0 Å². The highest BCUT2D eigenvalue weighted by Crippen LogP contribution is 2.22. The number of aryl methyl sites for hydroxylation is 2. The molecule has 0 aliphatic rings. The minimum atomic E-state index is -0.529. The maximum atomic E-state index is 12.8. The van der Waals surface area contributed by atoms with Crippen molar-refractivity contribution in [2.24, 2.45) is 5.10 Å².